The maximum absolute atomic E-state index is 6.35. The number of nitrogens with zero attached hydrogens (tertiary/aromatic N) is 3. The molecule has 0 unspecified atom stereocenters. The molecule has 0 aliphatic rings. The van der Waals surface area contributed by atoms with Gasteiger partial charge in [-0.2, -0.15) is 0 Å². The highest BCUT2D eigenvalue weighted by molar-refractivity contribution is 6.30. The van der Waals surface area contributed by atoms with Crippen LogP contribution in [0.4, 0.5) is 0 Å². The standard InChI is InChI=1S/C33H20ClN3/c34-26-12-7-11-24(19-26)31-35-32(25-17-16-21-8-1-2-9-22(21)18-25)37-33(36-31)30-20-23-10-3-4-13-27(23)28-14-5-6-15-29(28)30/h1-20H. The van der Waals surface area contributed by atoms with Crippen LogP contribution in [-0.4, -0.2) is 15.0 Å². The molecule has 0 bridgehead atoms. The molecular formula is C33H20ClN3. The predicted molar refractivity (Wildman–Crippen MR) is 154 cm³/mol. The second-order valence-electron chi connectivity index (χ2n) is 9.07. The first-order valence-electron chi connectivity index (χ1n) is 12.1. The number of hydrogen-bond acceptors (Lipinski definition) is 3. The van der Waals surface area contributed by atoms with Gasteiger partial charge in [-0.15, -0.1) is 0 Å². The molecule has 0 aliphatic heterocycles. The summed E-state index contributed by atoms with van der Waals surface area (Å²) in [6, 6.07) is 41.3. The summed E-state index contributed by atoms with van der Waals surface area (Å²) in [5, 5.41) is 7.59. The Kier molecular flexibility index (Phi) is 5.16. The molecule has 37 heavy (non-hydrogen) atoms. The second kappa shape index (κ2) is 8.81. The summed E-state index contributed by atoms with van der Waals surface area (Å²) in [6.07, 6.45) is 0. The molecule has 1 aromatic heterocycles. The lowest BCUT2D eigenvalue weighted by Crippen LogP contribution is -2.01. The highest BCUT2D eigenvalue weighted by Gasteiger charge is 2.16. The summed E-state index contributed by atoms with van der Waals surface area (Å²) < 4.78 is 0. The Labute approximate surface area is 219 Å². The summed E-state index contributed by atoms with van der Waals surface area (Å²) in [6.45, 7) is 0. The van der Waals surface area contributed by atoms with Gasteiger partial charge < -0.3 is 0 Å². The Hall–Kier alpha value is -4.60. The van der Waals surface area contributed by atoms with Crippen molar-refractivity contribution in [1.29, 1.82) is 0 Å². The van der Waals surface area contributed by atoms with Gasteiger partial charge in [0.25, 0.3) is 0 Å². The average molecular weight is 494 g/mol. The fourth-order valence-electron chi connectivity index (χ4n) is 4.95. The molecule has 0 fully saturated rings. The highest BCUT2D eigenvalue weighted by Crippen LogP contribution is 2.35. The van der Waals surface area contributed by atoms with Crippen molar-refractivity contribution in [1.82, 2.24) is 15.0 Å². The zero-order chi connectivity index (χ0) is 24.8. The van der Waals surface area contributed by atoms with Crippen molar-refractivity contribution in [3.8, 4) is 34.2 Å². The van der Waals surface area contributed by atoms with Crippen LogP contribution in [0.1, 0.15) is 0 Å². The van der Waals surface area contributed by atoms with Crippen LogP contribution in [0.3, 0.4) is 0 Å². The molecular weight excluding hydrogens is 474 g/mol. The molecule has 4 heteroatoms. The molecule has 0 radical (unpaired) electrons. The minimum atomic E-state index is 0.591. The van der Waals surface area contributed by atoms with E-state index in [1.54, 1.807) is 0 Å². The van der Waals surface area contributed by atoms with Crippen LogP contribution in [0.2, 0.25) is 5.02 Å². The third-order valence-electron chi connectivity index (χ3n) is 6.73. The van der Waals surface area contributed by atoms with E-state index in [-0.39, 0.29) is 0 Å². The molecule has 0 aliphatic carbocycles. The van der Waals surface area contributed by atoms with Gasteiger partial charge >= 0.3 is 0 Å². The molecule has 0 amide bonds. The fourth-order valence-corrected chi connectivity index (χ4v) is 5.14. The van der Waals surface area contributed by atoms with Crippen LogP contribution in [-0.2, 0) is 0 Å². The van der Waals surface area contributed by atoms with Crippen molar-refractivity contribution >= 4 is 43.9 Å². The molecule has 0 saturated carbocycles. The molecule has 0 atom stereocenters. The van der Waals surface area contributed by atoms with Gasteiger partial charge in [0.2, 0.25) is 0 Å². The van der Waals surface area contributed by atoms with Crippen molar-refractivity contribution < 1.29 is 0 Å². The van der Waals surface area contributed by atoms with Crippen LogP contribution in [0.15, 0.2) is 121 Å². The molecule has 174 valence electrons. The largest absolute Gasteiger partial charge is 0.208 e. The number of rotatable bonds is 3. The van der Waals surface area contributed by atoms with E-state index in [1.807, 2.05) is 36.4 Å². The van der Waals surface area contributed by atoms with Gasteiger partial charge in [0.15, 0.2) is 17.5 Å². The van der Waals surface area contributed by atoms with Crippen molar-refractivity contribution in [3.63, 3.8) is 0 Å². The van der Waals surface area contributed by atoms with Crippen molar-refractivity contribution in [2.24, 2.45) is 0 Å². The summed E-state index contributed by atoms with van der Waals surface area (Å²) >= 11 is 6.35. The molecule has 6 aromatic carbocycles. The number of hydrogen-bond donors (Lipinski definition) is 0. The first-order chi connectivity index (χ1) is 18.2. The molecule has 0 spiro atoms. The van der Waals surface area contributed by atoms with E-state index in [0.29, 0.717) is 22.5 Å². The minimum absolute atomic E-state index is 0.591. The molecule has 7 rings (SSSR count). The van der Waals surface area contributed by atoms with Gasteiger partial charge in [-0.25, -0.2) is 15.0 Å². The second-order valence-corrected chi connectivity index (χ2v) is 9.51. The molecule has 0 saturated heterocycles. The van der Waals surface area contributed by atoms with Crippen LogP contribution in [0.25, 0.3) is 66.5 Å². The third-order valence-corrected chi connectivity index (χ3v) is 6.97. The quantitative estimate of drug-likeness (QED) is 0.230. The number of fused-ring (bicyclic) bond motifs is 4. The zero-order valence-electron chi connectivity index (χ0n) is 19.8. The van der Waals surface area contributed by atoms with Crippen LogP contribution < -0.4 is 0 Å². The monoisotopic (exact) mass is 493 g/mol. The van der Waals surface area contributed by atoms with Crippen molar-refractivity contribution in [3.05, 3.63) is 126 Å². The smallest absolute Gasteiger partial charge is 0.164 e. The molecule has 7 aromatic rings. The Bertz CT molecular complexity index is 1960. The lowest BCUT2D eigenvalue weighted by molar-refractivity contribution is 1.08. The number of benzene rings is 6. The first kappa shape index (κ1) is 21.7. The molecule has 3 nitrogen and oxygen atoms in total. The van der Waals surface area contributed by atoms with Gasteiger partial charge in [-0.05, 0) is 56.6 Å². The van der Waals surface area contributed by atoms with Crippen LogP contribution in [0, 0.1) is 0 Å². The number of halogens is 1. The first-order valence-corrected chi connectivity index (χ1v) is 12.5. The zero-order valence-corrected chi connectivity index (χ0v) is 20.5. The van der Waals surface area contributed by atoms with Gasteiger partial charge in [0.05, 0.1) is 0 Å². The Morgan fingerprint density at radius 2 is 1.03 bits per heavy atom. The SMILES string of the molecule is Clc1cccc(-c2nc(-c3ccc4ccccc4c3)nc(-c3cc4ccccc4c4ccccc34)n2)c1. The predicted octanol–water partition coefficient (Wildman–Crippen LogP) is 8.99. The van der Waals surface area contributed by atoms with Crippen molar-refractivity contribution in [2.75, 3.05) is 0 Å². The Balaban J connectivity index is 1.53. The lowest BCUT2D eigenvalue weighted by atomic mass is 9.97. The Morgan fingerprint density at radius 1 is 0.405 bits per heavy atom. The topological polar surface area (TPSA) is 38.7 Å². The van der Waals surface area contributed by atoms with Gasteiger partial charge in [-0.3, -0.25) is 0 Å². The summed E-state index contributed by atoms with van der Waals surface area (Å²) in [4.78, 5) is 14.9. The van der Waals surface area contributed by atoms with Gasteiger partial charge in [-0.1, -0.05) is 109 Å². The van der Waals surface area contributed by atoms with E-state index in [1.165, 1.54) is 16.2 Å². The molecule has 0 N–H and O–H groups in total. The maximum Gasteiger partial charge on any atom is 0.164 e. The maximum atomic E-state index is 6.35. The normalized spacial score (nSPS) is 11.4. The van der Waals surface area contributed by atoms with Gasteiger partial charge in [0, 0.05) is 21.7 Å². The number of aromatic nitrogens is 3. The van der Waals surface area contributed by atoms with E-state index in [0.717, 1.165) is 32.8 Å². The van der Waals surface area contributed by atoms with Gasteiger partial charge in [0.1, 0.15) is 0 Å². The summed E-state index contributed by atoms with van der Waals surface area (Å²) in [7, 11) is 0. The lowest BCUT2D eigenvalue weighted by Gasteiger charge is -2.12. The molecule has 1 heterocycles. The van der Waals surface area contributed by atoms with Crippen LogP contribution in [0.5, 0.6) is 0 Å². The van der Waals surface area contributed by atoms with Crippen LogP contribution >= 0.6 is 11.6 Å². The van der Waals surface area contributed by atoms with E-state index in [4.69, 9.17) is 26.6 Å². The third kappa shape index (κ3) is 3.90. The van der Waals surface area contributed by atoms with E-state index >= 15 is 0 Å². The van der Waals surface area contributed by atoms with E-state index < -0.39 is 0 Å². The highest BCUT2D eigenvalue weighted by atomic mass is 35.5. The van der Waals surface area contributed by atoms with E-state index in [2.05, 4.69) is 84.9 Å². The van der Waals surface area contributed by atoms with Crippen molar-refractivity contribution in [2.45, 2.75) is 0 Å². The van der Waals surface area contributed by atoms with E-state index in [9.17, 15) is 0 Å². The minimum Gasteiger partial charge on any atom is -0.208 e. The summed E-state index contributed by atoms with van der Waals surface area (Å²) in [5.41, 5.74) is 2.76. The fraction of sp³-hybridized carbons (Fsp3) is 0. The Morgan fingerprint density at radius 3 is 1.81 bits per heavy atom. The summed E-state index contributed by atoms with van der Waals surface area (Å²) in [5.74, 6) is 1.85. The average Bonchev–Trinajstić information content (AvgIpc) is 2.96.